The molecule has 0 aliphatic rings. The lowest BCUT2D eigenvalue weighted by Crippen LogP contribution is -2.47. The van der Waals surface area contributed by atoms with Crippen molar-refractivity contribution in [3.8, 4) is 0 Å². The molecule has 0 saturated carbocycles. The SMILES string of the molecule is CC(C)C(CC(CC(CC(CC(CC(CC(c1ccccc1)C(C)C)c1ccc(C[NH3+])cc1)c1ccccc1)c1ccccc1)c1ccccc1)c1ccc(C[NH3+])cc1)c1ccccc1. The van der Waals surface area contributed by atoms with E-state index in [9.17, 15) is 0 Å². The maximum absolute atomic E-state index is 4.21. The van der Waals surface area contributed by atoms with Crippen LogP contribution in [0.4, 0.5) is 0 Å². The minimum atomic E-state index is 0.361. The first-order chi connectivity index (χ1) is 31.8. The number of hydrogen-bond acceptors (Lipinski definition) is 0. The molecule has 0 amide bonds. The second kappa shape index (κ2) is 24.1. The largest absolute Gasteiger partial charge is 0.354 e. The van der Waals surface area contributed by atoms with Crippen LogP contribution in [0.3, 0.4) is 0 Å². The second-order valence-corrected chi connectivity index (χ2v) is 19.6. The molecule has 0 heterocycles. The summed E-state index contributed by atoms with van der Waals surface area (Å²) in [5, 5.41) is 0. The molecule has 0 saturated heterocycles. The molecule has 2 heteroatoms. The minimum Gasteiger partial charge on any atom is -0.354 e. The maximum atomic E-state index is 4.21. The molecule has 0 bridgehead atoms. The molecular formula is C63H76N2+2. The maximum Gasteiger partial charge on any atom is 0.0997 e. The van der Waals surface area contributed by atoms with Crippen LogP contribution in [0.15, 0.2) is 200 Å². The van der Waals surface area contributed by atoms with E-state index in [4.69, 9.17) is 0 Å². The number of benzene rings is 7. The van der Waals surface area contributed by atoms with Gasteiger partial charge >= 0.3 is 0 Å². The van der Waals surface area contributed by atoms with Gasteiger partial charge in [-0.05, 0) is 131 Å². The van der Waals surface area contributed by atoms with Gasteiger partial charge < -0.3 is 11.5 Å². The Kier molecular flexibility index (Phi) is 17.6. The zero-order chi connectivity index (χ0) is 45.4. The van der Waals surface area contributed by atoms with Crippen LogP contribution < -0.4 is 11.5 Å². The van der Waals surface area contributed by atoms with E-state index >= 15 is 0 Å². The fourth-order valence-corrected chi connectivity index (χ4v) is 10.9. The van der Waals surface area contributed by atoms with Crippen LogP contribution in [-0.2, 0) is 13.1 Å². The highest BCUT2D eigenvalue weighted by atomic mass is 14.5. The molecule has 0 spiro atoms. The van der Waals surface area contributed by atoms with Crippen LogP contribution in [0.25, 0.3) is 0 Å². The Morgan fingerprint density at radius 1 is 0.262 bits per heavy atom. The third-order valence-electron chi connectivity index (χ3n) is 14.7. The van der Waals surface area contributed by atoms with E-state index in [2.05, 4.69) is 239 Å². The monoisotopic (exact) mass is 861 g/mol. The number of hydrogen-bond donors (Lipinski definition) is 2. The van der Waals surface area contributed by atoms with Gasteiger partial charge in [-0.1, -0.05) is 228 Å². The smallest absolute Gasteiger partial charge is 0.0997 e. The van der Waals surface area contributed by atoms with Crippen molar-refractivity contribution in [1.82, 2.24) is 0 Å². The summed E-state index contributed by atoms with van der Waals surface area (Å²) in [4.78, 5) is 0. The molecule has 0 radical (unpaired) electrons. The fraction of sp³-hybridized carbons (Fsp3) is 0.333. The van der Waals surface area contributed by atoms with Crippen molar-refractivity contribution in [2.75, 3.05) is 0 Å². The Bertz CT molecular complexity index is 2210. The van der Waals surface area contributed by atoms with Gasteiger partial charge in [-0.3, -0.25) is 0 Å². The van der Waals surface area contributed by atoms with Gasteiger partial charge in [-0.25, -0.2) is 0 Å². The first-order valence-electron chi connectivity index (χ1n) is 24.8. The van der Waals surface area contributed by atoms with E-state index in [0.29, 0.717) is 53.3 Å². The summed E-state index contributed by atoms with van der Waals surface area (Å²) in [5.41, 5.74) is 21.2. The Hall–Kier alpha value is -5.54. The average molecular weight is 861 g/mol. The summed E-state index contributed by atoms with van der Waals surface area (Å²) in [6.45, 7) is 11.3. The Balaban J connectivity index is 1.28. The number of rotatable bonds is 23. The summed E-state index contributed by atoms with van der Waals surface area (Å²) in [6.07, 6.45) is 6.60. The van der Waals surface area contributed by atoms with E-state index < -0.39 is 0 Å². The van der Waals surface area contributed by atoms with Crippen molar-refractivity contribution >= 4 is 0 Å². The van der Waals surface area contributed by atoms with Crippen LogP contribution in [0, 0.1) is 11.8 Å². The topological polar surface area (TPSA) is 55.3 Å². The Labute approximate surface area is 392 Å². The molecule has 0 aromatic heterocycles. The van der Waals surface area contributed by atoms with Gasteiger partial charge in [0.1, 0.15) is 0 Å². The van der Waals surface area contributed by atoms with Gasteiger partial charge in [0.25, 0.3) is 0 Å². The predicted octanol–water partition coefficient (Wildman–Crippen LogP) is 14.6. The summed E-state index contributed by atoms with van der Waals surface area (Å²) in [5.74, 6) is 3.86. The first-order valence-corrected chi connectivity index (χ1v) is 24.8. The second-order valence-electron chi connectivity index (χ2n) is 19.6. The third-order valence-corrected chi connectivity index (χ3v) is 14.7. The van der Waals surface area contributed by atoms with Gasteiger partial charge in [0.15, 0.2) is 0 Å². The van der Waals surface area contributed by atoms with Crippen LogP contribution in [0.5, 0.6) is 0 Å². The summed E-state index contributed by atoms with van der Waals surface area (Å²) in [7, 11) is 0. The van der Waals surface area contributed by atoms with Crippen LogP contribution in [0.1, 0.15) is 158 Å². The minimum absolute atomic E-state index is 0.361. The number of quaternary nitrogens is 2. The zero-order valence-electron chi connectivity index (χ0n) is 39.8. The molecule has 7 aromatic rings. The van der Waals surface area contributed by atoms with E-state index in [0.717, 1.165) is 51.6 Å². The standard InChI is InChI=1S/C63H74N2/c1-46(2)62(55-26-16-8-17-27-55)42-60(53-34-30-48(44-64)31-35-53)40-58(51-22-12-6-13-23-51)38-57(50-20-10-5-11-21-50)39-59(52-24-14-7-15-25-52)41-61(54-36-32-49(45-65)33-37-54)43-63(47(3)4)56-28-18-9-19-29-56/h5-37,46-47,57-63H,38-45,64-65H2,1-4H3/p+2. The summed E-state index contributed by atoms with van der Waals surface area (Å²) >= 11 is 0. The van der Waals surface area contributed by atoms with E-state index in [1.165, 1.54) is 50.1 Å². The molecule has 0 aliphatic heterocycles. The average Bonchev–Trinajstić information content (AvgIpc) is 3.36. The van der Waals surface area contributed by atoms with Gasteiger partial charge in [0.2, 0.25) is 0 Å². The van der Waals surface area contributed by atoms with Crippen molar-refractivity contribution in [1.29, 1.82) is 0 Å². The molecule has 7 aromatic carbocycles. The Morgan fingerprint density at radius 2 is 0.477 bits per heavy atom. The lowest BCUT2D eigenvalue weighted by Gasteiger charge is -2.34. The first kappa shape index (κ1) is 47.4. The van der Waals surface area contributed by atoms with Crippen molar-refractivity contribution < 1.29 is 11.5 Å². The molecule has 65 heavy (non-hydrogen) atoms. The van der Waals surface area contributed by atoms with E-state index in [1.54, 1.807) is 0 Å². The van der Waals surface area contributed by atoms with Gasteiger partial charge in [-0.15, -0.1) is 0 Å². The highest BCUT2D eigenvalue weighted by Crippen LogP contribution is 2.48. The molecule has 336 valence electrons. The third kappa shape index (κ3) is 13.3. The van der Waals surface area contributed by atoms with Crippen LogP contribution >= 0.6 is 0 Å². The molecule has 6 N–H and O–H groups in total. The lowest BCUT2D eigenvalue weighted by atomic mass is 9.70. The van der Waals surface area contributed by atoms with Gasteiger partial charge in [0.05, 0.1) is 13.1 Å². The van der Waals surface area contributed by atoms with E-state index in [1.807, 2.05) is 0 Å². The van der Waals surface area contributed by atoms with Gasteiger partial charge in [-0.2, -0.15) is 0 Å². The molecule has 7 rings (SSSR count). The van der Waals surface area contributed by atoms with E-state index in [-0.39, 0.29) is 0 Å². The quantitative estimate of drug-likeness (QED) is 0.0644. The molecular weight excluding hydrogens is 785 g/mol. The molecule has 6 unspecified atom stereocenters. The van der Waals surface area contributed by atoms with Crippen LogP contribution in [-0.4, -0.2) is 0 Å². The fourth-order valence-electron chi connectivity index (χ4n) is 10.9. The van der Waals surface area contributed by atoms with Crippen molar-refractivity contribution in [3.63, 3.8) is 0 Å². The summed E-state index contributed by atoms with van der Waals surface area (Å²) in [6, 6.07) is 76.1. The Morgan fingerprint density at radius 3 is 0.708 bits per heavy atom. The predicted molar refractivity (Wildman–Crippen MR) is 275 cm³/mol. The molecule has 6 atom stereocenters. The highest BCUT2D eigenvalue weighted by Gasteiger charge is 2.32. The van der Waals surface area contributed by atoms with Crippen LogP contribution in [0.2, 0.25) is 0 Å². The lowest BCUT2D eigenvalue weighted by molar-refractivity contribution is -0.386. The van der Waals surface area contributed by atoms with Crippen molar-refractivity contribution in [3.05, 3.63) is 250 Å². The normalized spacial score (nSPS) is 15.0. The molecule has 0 aliphatic carbocycles. The summed E-state index contributed by atoms with van der Waals surface area (Å²) < 4.78 is 0. The highest BCUT2D eigenvalue weighted by molar-refractivity contribution is 5.33. The molecule has 2 nitrogen and oxygen atoms in total. The zero-order valence-corrected chi connectivity index (χ0v) is 39.8. The van der Waals surface area contributed by atoms with Crippen molar-refractivity contribution in [2.24, 2.45) is 11.8 Å². The van der Waals surface area contributed by atoms with Crippen molar-refractivity contribution in [2.45, 2.75) is 121 Å². The van der Waals surface area contributed by atoms with Gasteiger partial charge in [0, 0.05) is 11.1 Å². The molecule has 0 fully saturated rings.